The summed E-state index contributed by atoms with van der Waals surface area (Å²) < 4.78 is 76.5. The molecule has 0 fully saturated rings. The number of ether oxygens (including phenoxy) is 2. The molecule has 0 bridgehead atoms. The van der Waals surface area contributed by atoms with Crippen molar-refractivity contribution in [1.29, 1.82) is 0 Å². The molecular weight excluding hydrogens is 569 g/mol. The number of anilines is 1. The molecule has 19 heteroatoms. The monoisotopic (exact) mass is 594 g/mol. The summed E-state index contributed by atoms with van der Waals surface area (Å²) in [5.41, 5.74) is 7.32. The molecule has 1 atom stereocenters. The van der Waals surface area contributed by atoms with Crippen LogP contribution in [0.3, 0.4) is 0 Å². The Balaban J connectivity index is 2.44. The number of methoxy groups -OCH3 is 2. The Morgan fingerprint density at radius 1 is 1.10 bits per heavy atom. The zero-order valence-corrected chi connectivity index (χ0v) is 22.0. The predicted octanol–water partition coefficient (Wildman–Crippen LogP) is -0.391. The number of halogens is 3. The van der Waals surface area contributed by atoms with Gasteiger partial charge in [-0.2, -0.15) is 13.2 Å². The van der Waals surface area contributed by atoms with E-state index in [1.807, 2.05) is 4.72 Å². The summed E-state index contributed by atoms with van der Waals surface area (Å²) in [6.07, 6.45) is -5.53. The molecule has 220 valence electrons. The van der Waals surface area contributed by atoms with Crippen molar-refractivity contribution >= 4 is 33.5 Å². The number of nitrogens with two attached hydrogens (primary N) is 2. The molecule has 1 aromatic heterocycles. The van der Waals surface area contributed by atoms with Crippen molar-refractivity contribution in [3.63, 3.8) is 0 Å². The van der Waals surface area contributed by atoms with Crippen LogP contribution in [-0.4, -0.2) is 64.5 Å². The number of alkyl halides is 3. The SMILES string of the molecule is COc1ccc(S(=O)(=O)Nc2ccc(C(C)C(=O)NCCON=C(N)N)n(OC(=O)C(F)(F)F)c2=O)cc1OC. The van der Waals surface area contributed by atoms with Crippen LogP contribution in [0.1, 0.15) is 18.5 Å². The van der Waals surface area contributed by atoms with Crippen molar-refractivity contribution in [1.82, 2.24) is 10.0 Å². The van der Waals surface area contributed by atoms with Crippen LogP contribution in [-0.2, 0) is 24.4 Å². The maximum absolute atomic E-state index is 13.0. The number of sulfonamides is 1. The first-order valence-electron chi connectivity index (χ1n) is 10.9. The van der Waals surface area contributed by atoms with Gasteiger partial charge in [0.25, 0.3) is 10.0 Å². The number of carbonyl (C=O) groups excluding carboxylic acids is 2. The lowest BCUT2D eigenvalue weighted by atomic mass is 10.1. The van der Waals surface area contributed by atoms with Gasteiger partial charge in [-0.3, -0.25) is 14.3 Å². The average molecular weight is 595 g/mol. The van der Waals surface area contributed by atoms with Crippen LogP contribution in [0.5, 0.6) is 11.5 Å². The fourth-order valence-corrected chi connectivity index (χ4v) is 4.05. The van der Waals surface area contributed by atoms with Gasteiger partial charge in [-0.05, 0) is 36.3 Å². The molecule has 2 rings (SSSR count). The second kappa shape index (κ2) is 12.9. The van der Waals surface area contributed by atoms with Gasteiger partial charge in [-0.15, -0.1) is 4.73 Å². The molecule has 6 N–H and O–H groups in total. The summed E-state index contributed by atoms with van der Waals surface area (Å²) in [5.74, 6) is -5.16. The Kier molecular flexibility index (Phi) is 10.2. The molecule has 0 aliphatic rings. The maximum Gasteiger partial charge on any atom is 0.493 e. The lowest BCUT2D eigenvalue weighted by molar-refractivity contribution is -0.200. The van der Waals surface area contributed by atoms with E-state index in [0.717, 1.165) is 24.3 Å². The minimum absolute atomic E-state index is 0.0285. The van der Waals surface area contributed by atoms with Crippen LogP contribution in [0.25, 0.3) is 0 Å². The van der Waals surface area contributed by atoms with Crippen molar-refractivity contribution in [2.75, 3.05) is 32.1 Å². The molecule has 40 heavy (non-hydrogen) atoms. The molecule has 15 nitrogen and oxygen atoms in total. The predicted molar refractivity (Wildman–Crippen MR) is 132 cm³/mol. The maximum atomic E-state index is 13.0. The van der Waals surface area contributed by atoms with Crippen LogP contribution < -0.4 is 41.4 Å². The number of amides is 1. The van der Waals surface area contributed by atoms with E-state index in [4.69, 9.17) is 20.9 Å². The topological polar surface area (TPSA) is 216 Å². The average Bonchev–Trinajstić information content (AvgIpc) is 2.88. The number of rotatable bonds is 12. The third-order valence-electron chi connectivity index (χ3n) is 4.88. The second-order valence-corrected chi connectivity index (χ2v) is 9.31. The van der Waals surface area contributed by atoms with E-state index in [0.29, 0.717) is 0 Å². The molecule has 0 spiro atoms. The molecule has 1 unspecified atom stereocenters. The van der Waals surface area contributed by atoms with Crippen molar-refractivity contribution in [3.05, 3.63) is 46.4 Å². The highest BCUT2D eigenvalue weighted by Crippen LogP contribution is 2.30. The Labute approximate surface area is 224 Å². The zero-order chi connectivity index (χ0) is 30.3. The van der Waals surface area contributed by atoms with E-state index in [1.54, 1.807) is 0 Å². The van der Waals surface area contributed by atoms with E-state index in [-0.39, 0.29) is 35.3 Å². The fourth-order valence-electron chi connectivity index (χ4n) is 2.98. The first-order valence-corrected chi connectivity index (χ1v) is 12.4. The number of oxime groups is 1. The highest BCUT2D eigenvalue weighted by molar-refractivity contribution is 7.92. The number of guanidine groups is 1. The van der Waals surface area contributed by atoms with Crippen LogP contribution in [0.2, 0.25) is 0 Å². The van der Waals surface area contributed by atoms with Crippen LogP contribution in [0, 0.1) is 0 Å². The van der Waals surface area contributed by atoms with E-state index < -0.39 is 55.8 Å². The molecule has 0 saturated heterocycles. The first-order chi connectivity index (χ1) is 18.6. The molecule has 1 amide bonds. The number of nitrogens with zero attached hydrogens (tertiary/aromatic N) is 2. The van der Waals surface area contributed by atoms with Crippen molar-refractivity contribution in [2.45, 2.75) is 23.9 Å². The number of pyridine rings is 1. The quantitative estimate of drug-likeness (QED) is 0.107. The molecule has 2 aromatic rings. The van der Waals surface area contributed by atoms with Gasteiger partial charge in [0.05, 0.1) is 37.3 Å². The number of carbonyl (C=O) groups is 2. The number of hydrogen-bond acceptors (Lipinski definition) is 10. The summed E-state index contributed by atoms with van der Waals surface area (Å²) in [6.45, 7) is 0.839. The molecule has 0 radical (unpaired) electrons. The highest BCUT2D eigenvalue weighted by atomic mass is 32.2. The Bertz CT molecular complexity index is 1440. The second-order valence-electron chi connectivity index (χ2n) is 7.63. The third-order valence-corrected chi connectivity index (χ3v) is 6.25. The van der Waals surface area contributed by atoms with Gasteiger partial charge in [0.15, 0.2) is 11.5 Å². The Morgan fingerprint density at radius 2 is 1.75 bits per heavy atom. The molecule has 1 aromatic carbocycles. The Morgan fingerprint density at radius 3 is 2.33 bits per heavy atom. The molecule has 0 saturated carbocycles. The van der Waals surface area contributed by atoms with Crippen molar-refractivity contribution < 1.29 is 50.3 Å². The fraction of sp³-hybridized carbons (Fsp3) is 0.333. The third kappa shape index (κ3) is 7.91. The number of hydrogen-bond donors (Lipinski definition) is 4. The summed E-state index contributed by atoms with van der Waals surface area (Å²) in [4.78, 5) is 45.6. The summed E-state index contributed by atoms with van der Waals surface area (Å²) in [7, 11) is -1.95. The first kappa shape index (κ1) is 31.5. The molecular formula is C21H25F3N6O9S. The Hall–Kier alpha value is -4.68. The van der Waals surface area contributed by atoms with Gasteiger partial charge < -0.3 is 35.9 Å². The van der Waals surface area contributed by atoms with Gasteiger partial charge in [-0.25, -0.2) is 13.2 Å². The van der Waals surface area contributed by atoms with E-state index in [2.05, 4.69) is 20.1 Å². The van der Waals surface area contributed by atoms with E-state index in [9.17, 15) is 36.0 Å². The zero-order valence-electron chi connectivity index (χ0n) is 21.1. The lowest BCUT2D eigenvalue weighted by Crippen LogP contribution is -2.42. The van der Waals surface area contributed by atoms with Gasteiger partial charge in [0, 0.05) is 6.07 Å². The normalized spacial score (nSPS) is 12.1. The largest absolute Gasteiger partial charge is 0.493 e. The number of nitrogens with one attached hydrogen (secondary N) is 2. The summed E-state index contributed by atoms with van der Waals surface area (Å²) >= 11 is 0. The number of benzene rings is 1. The smallest absolute Gasteiger partial charge is 0.493 e. The van der Waals surface area contributed by atoms with Crippen molar-refractivity contribution in [3.8, 4) is 11.5 Å². The van der Waals surface area contributed by atoms with Gasteiger partial charge in [0.2, 0.25) is 11.9 Å². The minimum atomic E-state index is -5.53. The molecule has 0 aliphatic carbocycles. The van der Waals surface area contributed by atoms with Gasteiger partial charge >= 0.3 is 17.7 Å². The summed E-state index contributed by atoms with van der Waals surface area (Å²) in [6, 6.07) is 5.27. The van der Waals surface area contributed by atoms with Gasteiger partial charge in [-0.1, -0.05) is 0 Å². The lowest BCUT2D eigenvalue weighted by Gasteiger charge is -2.19. The van der Waals surface area contributed by atoms with E-state index >= 15 is 0 Å². The standard InChI is InChI=1S/C21H25F3N6O9S/c1-11(17(31)27-8-9-38-28-20(25)26)14-6-5-13(18(32)30(14)39-19(33)21(22,23)24)29-40(34,35)12-4-7-15(36-2)16(10-12)37-3/h4-7,10-11,29H,8-9H2,1-3H3,(H,27,31)(H4,25,26,28). The number of aromatic nitrogens is 1. The van der Waals surface area contributed by atoms with Crippen LogP contribution in [0.15, 0.2) is 45.2 Å². The summed E-state index contributed by atoms with van der Waals surface area (Å²) in [5, 5.41) is 5.58. The van der Waals surface area contributed by atoms with Gasteiger partial charge in [0.1, 0.15) is 12.3 Å². The molecule has 1 heterocycles. The van der Waals surface area contributed by atoms with Crippen LogP contribution in [0.4, 0.5) is 18.9 Å². The highest BCUT2D eigenvalue weighted by Gasteiger charge is 2.43. The van der Waals surface area contributed by atoms with Crippen LogP contribution >= 0.6 is 0 Å². The van der Waals surface area contributed by atoms with E-state index in [1.165, 1.54) is 27.2 Å². The molecule has 0 aliphatic heterocycles. The minimum Gasteiger partial charge on any atom is -0.493 e. The van der Waals surface area contributed by atoms with Crippen molar-refractivity contribution in [2.24, 2.45) is 16.6 Å².